The van der Waals surface area contributed by atoms with E-state index in [0.29, 0.717) is 21.5 Å². The lowest BCUT2D eigenvalue weighted by Crippen LogP contribution is -2.27. The van der Waals surface area contributed by atoms with Gasteiger partial charge in [0, 0.05) is 16.6 Å². The highest BCUT2D eigenvalue weighted by atomic mass is 32.1. The van der Waals surface area contributed by atoms with Crippen molar-refractivity contribution in [2.75, 3.05) is 5.32 Å². The molecule has 1 aromatic carbocycles. The van der Waals surface area contributed by atoms with Crippen molar-refractivity contribution in [3.63, 3.8) is 0 Å². The molecule has 9 heteroatoms. The summed E-state index contributed by atoms with van der Waals surface area (Å²) in [5.41, 5.74) is 2.15. The molecule has 0 radical (unpaired) electrons. The molecule has 5 aromatic rings. The summed E-state index contributed by atoms with van der Waals surface area (Å²) in [6.07, 6.45) is 1.38. The normalized spacial score (nSPS) is 11.2. The maximum absolute atomic E-state index is 13.0. The van der Waals surface area contributed by atoms with Gasteiger partial charge < -0.3 is 5.32 Å². The molecule has 0 aliphatic carbocycles. The molecule has 0 saturated heterocycles. The van der Waals surface area contributed by atoms with Gasteiger partial charge in [0.25, 0.3) is 5.56 Å². The van der Waals surface area contributed by atoms with Crippen LogP contribution in [0.1, 0.15) is 17.3 Å². The van der Waals surface area contributed by atoms with Crippen LogP contribution in [0.5, 0.6) is 0 Å². The molecule has 0 saturated carbocycles. The van der Waals surface area contributed by atoms with Gasteiger partial charge in [-0.15, -0.1) is 22.7 Å². The van der Waals surface area contributed by atoms with Gasteiger partial charge in [0.2, 0.25) is 5.91 Å². The zero-order chi connectivity index (χ0) is 22.2. The molecule has 4 heterocycles. The number of anilines is 1. The van der Waals surface area contributed by atoms with E-state index in [0.717, 1.165) is 20.8 Å². The Balaban J connectivity index is 1.44. The van der Waals surface area contributed by atoms with E-state index in [1.807, 2.05) is 29.6 Å². The summed E-state index contributed by atoms with van der Waals surface area (Å²) in [5.74, 6) is -0.472. The largest absolute Gasteiger partial charge is 0.325 e. The van der Waals surface area contributed by atoms with Crippen LogP contribution in [0.15, 0.2) is 65.0 Å². The fraction of sp³-hybridized carbons (Fsp3) is 0.0870. The summed E-state index contributed by atoms with van der Waals surface area (Å²) in [4.78, 5) is 48.0. The van der Waals surface area contributed by atoms with Crippen molar-refractivity contribution in [3.05, 3.63) is 76.2 Å². The lowest BCUT2D eigenvalue weighted by molar-refractivity contribution is -0.116. The van der Waals surface area contributed by atoms with Crippen molar-refractivity contribution < 1.29 is 9.59 Å². The van der Waals surface area contributed by atoms with E-state index in [1.54, 1.807) is 35.6 Å². The average molecular weight is 461 g/mol. The van der Waals surface area contributed by atoms with Crippen LogP contribution < -0.4 is 10.9 Å². The van der Waals surface area contributed by atoms with Crippen LogP contribution >= 0.6 is 22.7 Å². The third-order valence-corrected chi connectivity index (χ3v) is 6.92. The Morgan fingerprint density at radius 3 is 2.78 bits per heavy atom. The first-order valence-corrected chi connectivity index (χ1v) is 11.4. The smallest absolute Gasteiger partial charge is 0.271 e. The van der Waals surface area contributed by atoms with E-state index >= 15 is 0 Å². The molecule has 0 spiro atoms. The third-order valence-electron chi connectivity index (χ3n) is 4.95. The van der Waals surface area contributed by atoms with Crippen molar-refractivity contribution in [2.24, 2.45) is 0 Å². The molecule has 0 bridgehead atoms. The number of hydrogen-bond acceptors (Lipinski definition) is 7. The Labute approximate surface area is 190 Å². The number of nitrogens with one attached hydrogen (secondary N) is 1. The number of aromatic nitrogens is 3. The number of hydrogen-bond donors (Lipinski definition) is 1. The quantitative estimate of drug-likeness (QED) is 0.388. The minimum atomic E-state index is -0.381. The Bertz CT molecular complexity index is 1550. The fourth-order valence-electron chi connectivity index (χ4n) is 3.39. The van der Waals surface area contributed by atoms with E-state index in [1.165, 1.54) is 29.2 Å². The highest BCUT2D eigenvalue weighted by Gasteiger charge is 2.15. The lowest BCUT2D eigenvalue weighted by atomic mass is 10.1. The molecule has 0 aliphatic heterocycles. The molecule has 5 rings (SSSR count). The molecule has 4 aromatic heterocycles. The number of carbonyl (C=O) groups excluding carboxylic acids is 2. The van der Waals surface area contributed by atoms with Crippen LogP contribution in [-0.4, -0.2) is 26.2 Å². The highest BCUT2D eigenvalue weighted by Crippen LogP contribution is 2.32. The van der Waals surface area contributed by atoms with Gasteiger partial charge in [-0.25, -0.2) is 9.97 Å². The third kappa shape index (κ3) is 3.72. The first-order chi connectivity index (χ1) is 15.5. The number of ketones is 1. The Hall–Kier alpha value is -3.69. The van der Waals surface area contributed by atoms with Gasteiger partial charge in [-0.05, 0) is 42.6 Å². The number of carbonyl (C=O) groups is 2. The number of benzene rings is 1. The van der Waals surface area contributed by atoms with E-state index in [9.17, 15) is 14.4 Å². The molecule has 0 fully saturated rings. The molecule has 158 valence electrons. The predicted molar refractivity (Wildman–Crippen MR) is 128 cm³/mol. The summed E-state index contributed by atoms with van der Waals surface area (Å²) in [6.45, 7) is 1.28. The maximum atomic E-state index is 13.0. The molecule has 32 heavy (non-hydrogen) atoms. The van der Waals surface area contributed by atoms with Crippen molar-refractivity contribution in [2.45, 2.75) is 13.5 Å². The van der Waals surface area contributed by atoms with E-state index in [4.69, 9.17) is 4.98 Å². The van der Waals surface area contributed by atoms with Crippen LogP contribution in [0.25, 0.3) is 31.0 Å². The summed E-state index contributed by atoms with van der Waals surface area (Å²) < 4.78 is 1.74. The van der Waals surface area contributed by atoms with Crippen molar-refractivity contribution in [1.82, 2.24) is 14.5 Å². The second-order valence-electron chi connectivity index (χ2n) is 7.17. The SMILES string of the molecule is CC(=O)c1cccc(NC(=O)Cn2cnc3c(sc4nc(-c5cccs5)ccc43)c2=O)c1. The zero-order valence-electron chi connectivity index (χ0n) is 16.9. The van der Waals surface area contributed by atoms with Crippen LogP contribution in [0.2, 0.25) is 0 Å². The number of pyridine rings is 1. The first-order valence-electron chi connectivity index (χ1n) is 9.73. The number of fused-ring (bicyclic) bond motifs is 3. The number of Topliss-reactive ketones (excluding diaryl/α,β-unsaturated/α-hetero) is 1. The molecule has 0 unspecified atom stereocenters. The minimum absolute atomic E-state index is 0.0902. The number of nitrogens with zero attached hydrogens (tertiary/aromatic N) is 3. The van der Waals surface area contributed by atoms with Crippen LogP contribution in [0.3, 0.4) is 0 Å². The van der Waals surface area contributed by atoms with Crippen molar-refractivity contribution in [1.29, 1.82) is 0 Å². The van der Waals surface area contributed by atoms with Gasteiger partial charge in [0.15, 0.2) is 5.78 Å². The van der Waals surface area contributed by atoms with Gasteiger partial charge in [-0.2, -0.15) is 0 Å². The second-order valence-corrected chi connectivity index (χ2v) is 9.12. The molecular weight excluding hydrogens is 444 g/mol. The first kappa shape index (κ1) is 20.2. The van der Waals surface area contributed by atoms with Crippen LogP contribution in [0.4, 0.5) is 5.69 Å². The zero-order valence-corrected chi connectivity index (χ0v) is 18.5. The Morgan fingerprint density at radius 2 is 2.00 bits per heavy atom. The fourth-order valence-corrected chi connectivity index (χ4v) is 5.17. The van der Waals surface area contributed by atoms with Gasteiger partial charge in [-0.3, -0.25) is 19.0 Å². The molecular formula is C23H16N4O3S2. The molecule has 1 N–H and O–H groups in total. The summed E-state index contributed by atoms with van der Waals surface area (Å²) in [5, 5.41) is 5.54. The number of amides is 1. The lowest BCUT2D eigenvalue weighted by Gasteiger charge is -2.08. The van der Waals surface area contributed by atoms with Crippen LogP contribution in [-0.2, 0) is 11.3 Å². The topological polar surface area (TPSA) is 93.9 Å². The standard InChI is InChI=1S/C23H16N4O3S2/c1-13(28)14-4-2-5-15(10-14)25-19(29)11-27-12-24-20-16-7-8-17(18-6-3-9-31-18)26-22(16)32-21(20)23(27)30/h2-10,12H,11H2,1H3,(H,25,29). The molecule has 7 nitrogen and oxygen atoms in total. The van der Waals surface area contributed by atoms with Gasteiger partial charge in [0.1, 0.15) is 16.1 Å². The summed E-state index contributed by atoms with van der Waals surface area (Å²) in [6, 6.07) is 14.5. The van der Waals surface area contributed by atoms with E-state index in [-0.39, 0.29) is 23.8 Å². The van der Waals surface area contributed by atoms with E-state index in [2.05, 4.69) is 10.3 Å². The maximum Gasteiger partial charge on any atom is 0.271 e. The van der Waals surface area contributed by atoms with Crippen LogP contribution in [0, 0.1) is 0 Å². The average Bonchev–Trinajstić information content (AvgIpc) is 3.44. The van der Waals surface area contributed by atoms with Crippen molar-refractivity contribution in [3.8, 4) is 10.6 Å². The molecule has 0 atom stereocenters. The highest BCUT2D eigenvalue weighted by molar-refractivity contribution is 7.25. The monoisotopic (exact) mass is 460 g/mol. The number of thiophene rings is 2. The number of rotatable bonds is 5. The van der Waals surface area contributed by atoms with E-state index < -0.39 is 0 Å². The Kier molecular flexibility index (Phi) is 5.12. The predicted octanol–water partition coefficient (Wildman–Crippen LogP) is 4.58. The van der Waals surface area contributed by atoms with Crippen molar-refractivity contribution >= 4 is 60.5 Å². The second kappa shape index (κ2) is 8.10. The Morgan fingerprint density at radius 1 is 1.12 bits per heavy atom. The van der Waals surface area contributed by atoms with Gasteiger partial charge in [0.05, 0.1) is 22.4 Å². The minimum Gasteiger partial charge on any atom is -0.325 e. The van der Waals surface area contributed by atoms with Gasteiger partial charge >= 0.3 is 0 Å². The summed E-state index contributed by atoms with van der Waals surface area (Å²) in [7, 11) is 0. The molecule has 1 amide bonds. The summed E-state index contributed by atoms with van der Waals surface area (Å²) >= 11 is 2.88. The van der Waals surface area contributed by atoms with Gasteiger partial charge in [-0.1, -0.05) is 18.2 Å². The molecule has 0 aliphatic rings.